The van der Waals surface area contributed by atoms with Crippen molar-refractivity contribution >= 4 is 11.8 Å². The van der Waals surface area contributed by atoms with Crippen molar-refractivity contribution in [1.82, 2.24) is 0 Å². The van der Waals surface area contributed by atoms with E-state index in [9.17, 15) is 10.5 Å². The molecule has 1 atom stereocenters. The summed E-state index contributed by atoms with van der Waals surface area (Å²) in [4.78, 5) is 2.58. The lowest BCUT2D eigenvalue weighted by Gasteiger charge is -2.48. The van der Waals surface area contributed by atoms with Gasteiger partial charge in [0.05, 0.1) is 12.1 Å². The fourth-order valence-corrected chi connectivity index (χ4v) is 5.16. The molecule has 0 saturated carbocycles. The van der Waals surface area contributed by atoms with E-state index in [2.05, 4.69) is 76.8 Å². The molecule has 3 aliphatic rings. The molecule has 1 unspecified atom stereocenters. The van der Waals surface area contributed by atoms with Crippen LogP contribution in [-0.2, 0) is 15.6 Å². The van der Waals surface area contributed by atoms with Crippen LogP contribution >= 0.6 is 0 Å². The average Bonchev–Trinajstić information content (AvgIpc) is 2.77. The van der Waals surface area contributed by atoms with Gasteiger partial charge in [-0.25, -0.2) is 0 Å². The van der Waals surface area contributed by atoms with E-state index >= 15 is 0 Å². The fraction of sp³-hybridized carbons (Fsp3) is 0.517. The Morgan fingerprint density at radius 2 is 1.55 bits per heavy atom. The lowest BCUT2D eigenvalue weighted by molar-refractivity contribution is 0.261. The summed E-state index contributed by atoms with van der Waals surface area (Å²) in [6, 6.07) is 8.92. The maximum atomic E-state index is 9.40. The van der Waals surface area contributed by atoms with Gasteiger partial charge in [-0.2, -0.15) is 10.5 Å². The van der Waals surface area contributed by atoms with Crippen LogP contribution in [-0.4, -0.2) is 13.1 Å². The molecule has 172 valence electrons. The molecule has 4 nitrogen and oxygen atoms in total. The highest BCUT2D eigenvalue weighted by atomic mass is 16.5. The minimum Gasteiger partial charge on any atom is -0.462 e. The topological polar surface area (TPSA) is 60.0 Å². The maximum Gasteiger partial charge on any atom is 0.143 e. The van der Waals surface area contributed by atoms with Gasteiger partial charge < -0.3 is 9.64 Å². The molecule has 3 aliphatic heterocycles. The van der Waals surface area contributed by atoms with E-state index in [0.717, 1.165) is 31.7 Å². The van der Waals surface area contributed by atoms with Crippen LogP contribution in [0, 0.1) is 40.4 Å². The normalized spacial score (nSPS) is 22.8. The Morgan fingerprint density at radius 3 is 2.06 bits per heavy atom. The van der Waals surface area contributed by atoms with Gasteiger partial charge in [-0.05, 0) is 70.7 Å². The second-order valence-corrected chi connectivity index (χ2v) is 11.3. The highest BCUT2D eigenvalue weighted by Crippen LogP contribution is 2.49. The van der Waals surface area contributed by atoms with Gasteiger partial charge >= 0.3 is 0 Å². The molecule has 0 fully saturated rings. The highest BCUT2D eigenvalue weighted by Gasteiger charge is 2.39. The molecule has 0 amide bonds. The van der Waals surface area contributed by atoms with Crippen LogP contribution in [0.4, 0.5) is 5.69 Å². The maximum absolute atomic E-state index is 9.40. The van der Waals surface area contributed by atoms with Crippen molar-refractivity contribution in [2.45, 2.75) is 65.2 Å². The Kier molecular flexibility index (Phi) is 5.92. The molecule has 0 radical (unpaired) electrons. The van der Waals surface area contributed by atoms with E-state index in [1.54, 1.807) is 0 Å². The van der Waals surface area contributed by atoms with E-state index in [-0.39, 0.29) is 22.7 Å². The molecule has 33 heavy (non-hydrogen) atoms. The third-order valence-electron chi connectivity index (χ3n) is 7.54. The van der Waals surface area contributed by atoms with E-state index in [1.165, 1.54) is 22.4 Å². The van der Waals surface area contributed by atoms with Crippen molar-refractivity contribution < 1.29 is 4.74 Å². The van der Waals surface area contributed by atoms with Crippen molar-refractivity contribution in [3.63, 3.8) is 0 Å². The number of allylic oxidation sites excluding steroid dienone is 4. The molecule has 1 aromatic carbocycles. The standard InChI is InChI=1S/C29H35N3O/c1-19(2)26-16-21(22(17-30)18-31)15-23(33-26)8-7-20-13-24-27-25(14-20)29(5,6)10-12-32(27)11-9-28(24,3)4/h7-8,13-16,19,21-22H,9-12H2,1-6H3. The summed E-state index contributed by atoms with van der Waals surface area (Å²) in [5, 5.41) is 18.8. The summed E-state index contributed by atoms with van der Waals surface area (Å²) in [5.41, 5.74) is 5.78. The quantitative estimate of drug-likeness (QED) is 0.528. The van der Waals surface area contributed by atoms with E-state index in [4.69, 9.17) is 4.74 Å². The number of hydrogen-bond acceptors (Lipinski definition) is 4. The molecule has 0 aliphatic carbocycles. The predicted molar refractivity (Wildman–Crippen MR) is 133 cm³/mol. The minimum atomic E-state index is -0.716. The molecular weight excluding hydrogens is 406 g/mol. The summed E-state index contributed by atoms with van der Waals surface area (Å²) >= 11 is 0. The first-order valence-corrected chi connectivity index (χ1v) is 12.1. The van der Waals surface area contributed by atoms with Crippen LogP contribution < -0.4 is 4.90 Å². The molecule has 4 rings (SSSR count). The Balaban J connectivity index is 1.73. The molecule has 0 bridgehead atoms. The van der Waals surface area contributed by atoms with Gasteiger partial charge in [-0.15, -0.1) is 0 Å². The molecule has 4 heteroatoms. The lowest BCUT2D eigenvalue weighted by atomic mass is 9.69. The lowest BCUT2D eigenvalue weighted by Crippen LogP contribution is -2.44. The van der Waals surface area contributed by atoms with Crippen LogP contribution in [0.3, 0.4) is 0 Å². The Bertz CT molecular complexity index is 1070. The Labute approximate surface area is 198 Å². The van der Waals surface area contributed by atoms with Crippen LogP contribution in [0.5, 0.6) is 0 Å². The number of benzene rings is 1. The summed E-state index contributed by atoms with van der Waals surface area (Å²) in [6.45, 7) is 15.8. The van der Waals surface area contributed by atoms with Gasteiger partial charge in [0.1, 0.15) is 17.4 Å². The van der Waals surface area contributed by atoms with Crippen molar-refractivity contribution in [1.29, 1.82) is 10.5 Å². The van der Waals surface area contributed by atoms with Crippen molar-refractivity contribution in [3.8, 4) is 12.1 Å². The summed E-state index contributed by atoms with van der Waals surface area (Å²) in [5.74, 6) is 0.724. The highest BCUT2D eigenvalue weighted by molar-refractivity contribution is 5.72. The first kappa shape index (κ1) is 23.2. The number of nitriles is 2. The second-order valence-electron chi connectivity index (χ2n) is 11.3. The van der Waals surface area contributed by atoms with Crippen LogP contribution in [0.25, 0.3) is 6.08 Å². The molecular formula is C29H35N3O. The molecule has 0 aromatic heterocycles. The monoisotopic (exact) mass is 441 g/mol. The summed E-state index contributed by atoms with van der Waals surface area (Å²) < 4.78 is 6.13. The van der Waals surface area contributed by atoms with E-state index in [0.29, 0.717) is 5.76 Å². The zero-order valence-corrected chi connectivity index (χ0v) is 20.8. The number of ether oxygens (including phenoxy) is 1. The smallest absolute Gasteiger partial charge is 0.143 e. The number of hydrogen-bond donors (Lipinski definition) is 0. The van der Waals surface area contributed by atoms with Crippen molar-refractivity contribution in [2.24, 2.45) is 17.8 Å². The third kappa shape index (κ3) is 4.32. The molecule has 0 saturated heterocycles. The van der Waals surface area contributed by atoms with Gasteiger partial charge in [-0.1, -0.05) is 47.6 Å². The Hall–Kier alpha value is -2.98. The number of anilines is 1. The predicted octanol–water partition coefficient (Wildman–Crippen LogP) is 6.60. The van der Waals surface area contributed by atoms with Gasteiger partial charge in [0.2, 0.25) is 0 Å². The van der Waals surface area contributed by atoms with Crippen LogP contribution in [0.2, 0.25) is 0 Å². The SMILES string of the molecule is CC(C)C1=CC(C(C#N)C#N)C=C(C=Cc2cc3c4c(c2)C(C)(C)CCN4CCC3(C)C)O1. The number of rotatable bonds is 4. The fourth-order valence-electron chi connectivity index (χ4n) is 5.16. The zero-order valence-electron chi connectivity index (χ0n) is 20.8. The van der Waals surface area contributed by atoms with E-state index in [1.807, 2.05) is 18.2 Å². The average molecular weight is 442 g/mol. The van der Waals surface area contributed by atoms with Crippen LogP contribution in [0.15, 0.2) is 41.9 Å². The summed E-state index contributed by atoms with van der Waals surface area (Å²) in [7, 11) is 0. The zero-order chi connectivity index (χ0) is 24.0. The molecule has 3 heterocycles. The van der Waals surface area contributed by atoms with Crippen molar-refractivity contribution in [3.05, 3.63) is 58.6 Å². The molecule has 0 N–H and O–H groups in total. The number of nitrogens with zero attached hydrogens (tertiary/aromatic N) is 3. The van der Waals surface area contributed by atoms with Gasteiger partial charge in [0.25, 0.3) is 0 Å². The molecule has 1 aromatic rings. The third-order valence-corrected chi connectivity index (χ3v) is 7.54. The van der Waals surface area contributed by atoms with Gasteiger partial charge in [0.15, 0.2) is 0 Å². The summed E-state index contributed by atoms with van der Waals surface area (Å²) in [6.07, 6.45) is 10.3. The van der Waals surface area contributed by atoms with Gasteiger partial charge in [0, 0.05) is 30.6 Å². The molecule has 0 spiro atoms. The Morgan fingerprint density at radius 1 is 0.970 bits per heavy atom. The van der Waals surface area contributed by atoms with Crippen molar-refractivity contribution in [2.75, 3.05) is 18.0 Å². The van der Waals surface area contributed by atoms with Gasteiger partial charge in [-0.3, -0.25) is 0 Å². The second kappa shape index (κ2) is 8.42. The van der Waals surface area contributed by atoms with E-state index < -0.39 is 5.92 Å². The largest absolute Gasteiger partial charge is 0.462 e. The minimum absolute atomic E-state index is 0.143. The first-order valence-electron chi connectivity index (χ1n) is 12.1. The van der Waals surface area contributed by atoms with Crippen LogP contribution in [0.1, 0.15) is 71.1 Å². The first-order chi connectivity index (χ1) is 15.6.